The van der Waals surface area contributed by atoms with Crippen LogP contribution in [0, 0.1) is 0 Å². The van der Waals surface area contributed by atoms with Crippen molar-refractivity contribution in [3.05, 3.63) is 245 Å². The van der Waals surface area contributed by atoms with Crippen LogP contribution in [0.3, 0.4) is 0 Å². The van der Waals surface area contributed by atoms with Gasteiger partial charge in [0.1, 0.15) is 5.82 Å². The third-order valence-electron chi connectivity index (χ3n) is 13.8. The number of rotatable bonds is 7. The highest BCUT2D eigenvalue weighted by Gasteiger charge is 2.47. The largest absolute Gasteiger partial charge is 0.418 e. The van der Waals surface area contributed by atoms with Crippen molar-refractivity contribution in [1.29, 1.82) is 0 Å². The number of para-hydroxylation sites is 2. The maximum atomic E-state index is 15.7. The van der Waals surface area contributed by atoms with E-state index in [1.165, 1.54) is 6.07 Å². The third kappa shape index (κ3) is 5.85. The Hall–Kier alpha value is -8.03. The molecule has 1 aliphatic rings. The zero-order valence-corrected chi connectivity index (χ0v) is 36.1. The maximum absolute atomic E-state index is 15.7. The zero-order chi connectivity index (χ0) is 44.8. The summed E-state index contributed by atoms with van der Waals surface area (Å²) in [4.78, 5) is 14.1. The Morgan fingerprint density at radius 3 is 1.92 bits per heavy atom. The Bertz CT molecular complexity index is 3620. The lowest BCUT2D eigenvalue weighted by Gasteiger charge is -2.33. The van der Waals surface area contributed by atoms with Gasteiger partial charge in [-0.15, -0.1) is 0 Å². The van der Waals surface area contributed by atoms with Gasteiger partial charge in [0.2, 0.25) is 0 Å². The number of pyridine rings is 1. The minimum atomic E-state index is -4.70. The first-order valence-corrected chi connectivity index (χ1v) is 22.1. The molecule has 0 aliphatic heterocycles. The van der Waals surface area contributed by atoms with Crippen LogP contribution in [-0.4, -0.2) is 19.5 Å². The first-order chi connectivity index (χ1) is 32.1. The molecule has 0 saturated heterocycles. The summed E-state index contributed by atoms with van der Waals surface area (Å²) in [5.74, 6) is 0.399. The Balaban J connectivity index is 1.17. The molecule has 0 bridgehead atoms. The number of hydrogen-bond acceptors (Lipinski definition) is 2. The molecule has 0 spiro atoms. The fourth-order valence-corrected chi connectivity index (χ4v) is 10.6. The van der Waals surface area contributed by atoms with Crippen molar-refractivity contribution < 1.29 is 13.2 Å². The molecule has 66 heavy (non-hydrogen) atoms. The molecule has 3 aromatic heterocycles. The van der Waals surface area contributed by atoms with Crippen molar-refractivity contribution in [1.82, 2.24) is 19.5 Å². The van der Waals surface area contributed by atoms with E-state index in [4.69, 9.17) is 9.97 Å². The molecule has 7 heteroatoms. The lowest BCUT2D eigenvalue weighted by Crippen LogP contribution is -2.29. The topological polar surface area (TPSA) is 46.5 Å². The first-order valence-electron chi connectivity index (χ1n) is 22.1. The average Bonchev–Trinajstić information content (AvgIpc) is 4.03. The molecular formula is C59H41F3N4. The summed E-state index contributed by atoms with van der Waals surface area (Å²) in [7, 11) is 0. The van der Waals surface area contributed by atoms with Gasteiger partial charge in [0.05, 0.1) is 33.2 Å². The summed E-state index contributed by atoms with van der Waals surface area (Å²) in [5.41, 5.74) is 10.8. The number of benzene rings is 8. The molecule has 3 heterocycles. The zero-order valence-electron chi connectivity index (χ0n) is 36.1. The quantitative estimate of drug-likeness (QED) is 0.173. The van der Waals surface area contributed by atoms with Gasteiger partial charge in [0.15, 0.2) is 0 Å². The Morgan fingerprint density at radius 1 is 0.545 bits per heavy atom. The normalized spacial score (nSPS) is 13.3. The van der Waals surface area contributed by atoms with E-state index < -0.39 is 22.6 Å². The van der Waals surface area contributed by atoms with Gasteiger partial charge < -0.3 is 4.98 Å². The lowest BCUT2D eigenvalue weighted by atomic mass is 9.69. The second kappa shape index (κ2) is 14.8. The van der Waals surface area contributed by atoms with Crippen molar-refractivity contribution >= 4 is 32.8 Å². The highest BCUT2D eigenvalue weighted by molar-refractivity contribution is 6.12. The predicted molar refractivity (Wildman–Crippen MR) is 260 cm³/mol. The average molecular weight is 863 g/mol. The fraction of sp³-hybridized carbons (Fsp3) is 0.0847. The van der Waals surface area contributed by atoms with E-state index in [1.807, 2.05) is 97.2 Å². The van der Waals surface area contributed by atoms with Gasteiger partial charge >= 0.3 is 6.18 Å². The molecule has 0 amide bonds. The number of halogens is 3. The Kier molecular flexibility index (Phi) is 8.84. The SMILES string of the molecule is CC(C)(c1ccccc1)c1cc(-c2nc3c(-c4cccc(C5(c6ccccn6)c6ccccc6-c6ccccc65)c4)ccc(C(F)(F)F)c3n2-c2ccccc2)c2[nH]c3ccccc3c2c1. The van der Waals surface area contributed by atoms with Crippen molar-refractivity contribution in [3.8, 4) is 39.3 Å². The summed E-state index contributed by atoms with van der Waals surface area (Å²) in [6.45, 7) is 4.38. The molecule has 0 saturated carbocycles. The van der Waals surface area contributed by atoms with Gasteiger partial charge in [-0.2, -0.15) is 13.2 Å². The fourth-order valence-electron chi connectivity index (χ4n) is 10.6. The van der Waals surface area contributed by atoms with Crippen LogP contribution in [0.4, 0.5) is 13.2 Å². The monoisotopic (exact) mass is 862 g/mol. The van der Waals surface area contributed by atoms with Gasteiger partial charge in [0, 0.05) is 44.7 Å². The number of aromatic nitrogens is 4. The number of nitrogens with zero attached hydrogens (tertiary/aromatic N) is 3. The molecular weight excluding hydrogens is 822 g/mol. The Labute approximate surface area is 379 Å². The second-order valence-electron chi connectivity index (χ2n) is 17.7. The number of hydrogen-bond donors (Lipinski definition) is 1. The molecule has 11 aromatic rings. The summed E-state index contributed by atoms with van der Waals surface area (Å²) in [5, 5.41) is 1.99. The smallest absolute Gasteiger partial charge is 0.354 e. The Morgan fingerprint density at radius 2 is 1.21 bits per heavy atom. The lowest BCUT2D eigenvalue weighted by molar-refractivity contribution is -0.136. The van der Waals surface area contributed by atoms with Crippen molar-refractivity contribution in [2.24, 2.45) is 0 Å². The van der Waals surface area contributed by atoms with Crippen molar-refractivity contribution in [2.75, 3.05) is 0 Å². The number of alkyl halides is 3. The van der Waals surface area contributed by atoms with Gasteiger partial charge in [-0.05, 0) is 99.1 Å². The number of aromatic amines is 1. The van der Waals surface area contributed by atoms with E-state index in [0.29, 0.717) is 22.6 Å². The number of H-pyrrole nitrogens is 1. The molecule has 1 aliphatic carbocycles. The van der Waals surface area contributed by atoms with Gasteiger partial charge in [-0.1, -0.05) is 159 Å². The maximum Gasteiger partial charge on any atom is 0.418 e. The van der Waals surface area contributed by atoms with Crippen LogP contribution in [0.1, 0.15) is 52.9 Å². The van der Waals surface area contributed by atoms with Crippen LogP contribution in [-0.2, 0) is 17.0 Å². The summed E-state index contributed by atoms with van der Waals surface area (Å²) >= 11 is 0. The molecule has 1 N–H and O–H groups in total. The summed E-state index contributed by atoms with van der Waals surface area (Å²) in [6, 6.07) is 65.9. The van der Waals surface area contributed by atoms with Crippen molar-refractivity contribution in [2.45, 2.75) is 30.9 Å². The van der Waals surface area contributed by atoms with Gasteiger partial charge in [-0.3, -0.25) is 9.55 Å². The molecule has 0 atom stereocenters. The van der Waals surface area contributed by atoms with Crippen LogP contribution < -0.4 is 0 Å². The summed E-state index contributed by atoms with van der Waals surface area (Å²) < 4.78 is 48.8. The molecule has 0 unspecified atom stereocenters. The van der Waals surface area contributed by atoms with Crippen LogP contribution in [0.2, 0.25) is 0 Å². The summed E-state index contributed by atoms with van der Waals surface area (Å²) in [6.07, 6.45) is -2.88. The van der Waals surface area contributed by atoms with Crippen molar-refractivity contribution in [3.63, 3.8) is 0 Å². The predicted octanol–water partition coefficient (Wildman–Crippen LogP) is 15.1. The molecule has 8 aromatic carbocycles. The molecule has 0 radical (unpaired) electrons. The number of fused-ring (bicyclic) bond motifs is 7. The first kappa shape index (κ1) is 39.6. The van der Waals surface area contributed by atoms with Crippen LogP contribution in [0.5, 0.6) is 0 Å². The van der Waals surface area contributed by atoms with E-state index in [-0.39, 0.29) is 11.0 Å². The molecule has 318 valence electrons. The van der Waals surface area contributed by atoms with E-state index in [1.54, 1.807) is 10.6 Å². The van der Waals surface area contributed by atoms with E-state index >= 15 is 13.2 Å². The van der Waals surface area contributed by atoms with E-state index in [9.17, 15) is 0 Å². The standard InChI is InChI=1S/C59H41F3N4/c1-57(2,38-19-5-3-6-20-38)40-35-46-45-26-11-14-29-51(45)64-53(46)47(36-40)56-65-54-42(31-32-50(59(60,61)62)55(54)66(56)41-22-7-4-8-23-41)37-18-17-21-39(34-37)58(52-30-15-16-33-63-52)48-27-12-9-24-43(48)44-25-10-13-28-49(44)58/h3-36,64H,1-2H3. The second-order valence-corrected chi connectivity index (χ2v) is 17.7. The molecule has 4 nitrogen and oxygen atoms in total. The minimum Gasteiger partial charge on any atom is -0.354 e. The molecule has 12 rings (SSSR count). The van der Waals surface area contributed by atoms with Gasteiger partial charge in [-0.25, -0.2) is 4.98 Å². The highest BCUT2D eigenvalue weighted by atomic mass is 19.4. The van der Waals surface area contributed by atoms with Crippen LogP contribution >= 0.6 is 0 Å². The third-order valence-corrected chi connectivity index (χ3v) is 13.8. The highest BCUT2D eigenvalue weighted by Crippen LogP contribution is 2.56. The molecule has 0 fully saturated rings. The van der Waals surface area contributed by atoms with E-state index in [0.717, 1.165) is 72.0 Å². The van der Waals surface area contributed by atoms with E-state index in [2.05, 4.69) is 116 Å². The van der Waals surface area contributed by atoms with Gasteiger partial charge in [0.25, 0.3) is 0 Å². The number of imidazole rings is 1. The van der Waals surface area contributed by atoms with Crippen LogP contribution in [0.25, 0.3) is 72.2 Å². The minimum absolute atomic E-state index is 0.0143. The van der Waals surface area contributed by atoms with Crippen LogP contribution in [0.15, 0.2) is 206 Å². The number of nitrogens with one attached hydrogen (secondary N) is 1.